The van der Waals surface area contributed by atoms with E-state index in [9.17, 15) is 13.5 Å². The third kappa shape index (κ3) is 3.91. The van der Waals surface area contributed by atoms with Crippen LogP contribution in [0.15, 0.2) is 51.8 Å². The first kappa shape index (κ1) is 16.2. The average molecular weight is 370 g/mol. The van der Waals surface area contributed by atoms with E-state index in [1.54, 1.807) is 13.0 Å². The maximum Gasteiger partial charge on any atom is 0.241 e. The predicted molar refractivity (Wildman–Crippen MR) is 85.3 cm³/mol. The zero-order valence-electron chi connectivity index (χ0n) is 11.5. The van der Waals surface area contributed by atoms with Crippen LogP contribution in [0.4, 0.5) is 0 Å². The molecule has 0 bridgehead atoms. The van der Waals surface area contributed by atoms with Gasteiger partial charge in [-0.3, -0.25) is 0 Å². The minimum absolute atomic E-state index is 0.178. The third-order valence-corrected chi connectivity index (χ3v) is 5.49. The summed E-state index contributed by atoms with van der Waals surface area (Å²) in [6.07, 6.45) is 0. The molecular weight excluding hydrogens is 354 g/mol. The quantitative estimate of drug-likeness (QED) is 0.851. The zero-order chi connectivity index (χ0) is 15.5. The third-order valence-electron chi connectivity index (χ3n) is 3.14. The van der Waals surface area contributed by atoms with Gasteiger partial charge < -0.3 is 5.11 Å². The molecule has 0 amide bonds. The Kier molecular flexibility index (Phi) is 5.16. The van der Waals surface area contributed by atoms with Crippen molar-refractivity contribution in [2.75, 3.05) is 0 Å². The molecule has 0 heterocycles. The molecule has 0 saturated heterocycles. The Morgan fingerprint density at radius 2 is 1.81 bits per heavy atom. The van der Waals surface area contributed by atoms with Crippen LogP contribution < -0.4 is 4.72 Å². The molecule has 112 valence electrons. The summed E-state index contributed by atoms with van der Waals surface area (Å²) in [6, 6.07) is 12.5. The molecule has 2 N–H and O–H groups in total. The highest BCUT2D eigenvalue weighted by atomic mass is 79.9. The number of aliphatic hydroxyl groups excluding tert-OH is 1. The van der Waals surface area contributed by atoms with Gasteiger partial charge in [0.1, 0.15) is 0 Å². The van der Waals surface area contributed by atoms with Gasteiger partial charge in [-0.1, -0.05) is 46.3 Å². The van der Waals surface area contributed by atoms with Gasteiger partial charge >= 0.3 is 0 Å². The van der Waals surface area contributed by atoms with Crippen molar-refractivity contribution in [2.45, 2.75) is 25.0 Å². The molecule has 0 aliphatic heterocycles. The second kappa shape index (κ2) is 6.70. The van der Waals surface area contributed by atoms with Crippen molar-refractivity contribution in [2.24, 2.45) is 0 Å². The van der Waals surface area contributed by atoms with Crippen molar-refractivity contribution in [3.63, 3.8) is 0 Å². The van der Waals surface area contributed by atoms with E-state index in [0.29, 0.717) is 15.6 Å². The summed E-state index contributed by atoms with van der Waals surface area (Å²) in [6.45, 7) is 1.74. The summed E-state index contributed by atoms with van der Waals surface area (Å²) in [5.41, 5.74) is 2.05. The Morgan fingerprint density at radius 3 is 2.43 bits per heavy atom. The maximum absolute atomic E-state index is 12.4. The minimum Gasteiger partial charge on any atom is -0.392 e. The molecule has 0 unspecified atom stereocenters. The number of sulfonamides is 1. The normalized spacial score (nSPS) is 11.6. The monoisotopic (exact) mass is 369 g/mol. The summed E-state index contributed by atoms with van der Waals surface area (Å²) in [5, 5.41) is 9.21. The van der Waals surface area contributed by atoms with Gasteiger partial charge in [0.25, 0.3) is 0 Å². The van der Waals surface area contributed by atoms with E-state index in [-0.39, 0.29) is 18.0 Å². The van der Waals surface area contributed by atoms with Gasteiger partial charge in [0.2, 0.25) is 10.0 Å². The zero-order valence-corrected chi connectivity index (χ0v) is 13.9. The number of nitrogens with one attached hydrogen (secondary N) is 1. The lowest BCUT2D eigenvalue weighted by Gasteiger charge is -2.12. The Hall–Kier alpha value is -1.21. The van der Waals surface area contributed by atoms with Crippen molar-refractivity contribution < 1.29 is 13.5 Å². The SMILES string of the molecule is Cc1c(Br)cc(CO)cc1S(=O)(=O)NCc1ccccc1. The number of rotatable bonds is 5. The van der Waals surface area contributed by atoms with Crippen molar-refractivity contribution in [1.82, 2.24) is 4.72 Å². The highest BCUT2D eigenvalue weighted by Gasteiger charge is 2.19. The Balaban J connectivity index is 2.29. The first-order valence-electron chi connectivity index (χ1n) is 6.37. The van der Waals surface area contributed by atoms with E-state index in [1.165, 1.54) is 6.07 Å². The van der Waals surface area contributed by atoms with Crippen LogP contribution in [0.3, 0.4) is 0 Å². The van der Waals surface area contributed by atoms with E-state index in [1.807, 2.05) is 30.3 Å². The molecule has 0 saturated carbocycles. The largest absolute Gasteiger partial charge is 0.392 e. The lowest BCUT2D eigenvalue weighted by Crippen LogP contribution is -2.24. The molecule has 0 aliphatic rings. The molecule has 21 heavy (non-hydrogen) atoms. The molecule has 0 radical (unpaired) electrons. The second-order valence-corrected chi connectivity index (χ2v) is 7.26. The Morgan fingerprint density at radius 1 is 1.14 bits per heavy atom. The van der Waals surface area contributed by atoms with Crippen LogP contribution in [0.25, 0.3) is 0 Å². The Labute approximate surface area is 133 Å². The fourth-order valence-corrected chi connectivity index (χ4v) is 3.90. The standard InChI is InChI=1S/C15H16BrNO3S/c1-11-14(16)7-13(10-18)8-15(11)21(19,20)17-9-12-5-3-2-4-6-12/h2-8,17-18H,9-10H2,1H3. The van der Waals surface area contributed by atoms with Gasteiger partial charge in [-0.15, -0.1) is 0 Å². The van der Waals surface area contributed by atoms with E-state index in [4.69, 9.17) is 0 Å². The van der Waals surface area contributed by atoms with Gasteiger partial charge in [0.15, 0.2) is 0 Å². The van der Waals surface area contributed by atoms with Crippen LogP contribution >= 0.6 is 15.9 Å². The molecule has 0 atom stereocenters. The van der Waals surface area contributed by atoms with E-state index < -0.39 is 10.0 Å². The molecule has 0 aromatic heterocycles. The van der Waals surface area contributed by atoms with Crippen molar-refractivity contribution >= 4 is 26.0 Å². The molecule has 6 heteroatoms. The highest BCUT2D eigenvalue weighted by molar-refractivity contribution is 9.10. The average Bonchev–Trinajstić information content (AvgIpc) is 2.48. The van der Waals surface area contributed by atoms with Gasteiger partial charge in [-0.2, -0.15) is 0 Å². The summed E-state index contributed by atoms with van der Waals surface area (Å²) >= 11 is 3.32. The van der Waals surface area contributed by atoms with Crippen LogP contribution in [-0.2, 0) is 23.2 Å². The van der Waals surface area contributed by atoms with E-state index in [2.05, 4.69) is 20.7 Å². The summed E-state index contributed by atoms with van der Waals surface area (Å²) in [4.78, 5) is 0.178. The predicted octanol–water partition coefficient (Wildman–Crippen LogP) is 2.73. The molecule has 0 spiro atoms. The molecule has 0 fully saturated rings. The molecule has 2 rings (SSSR count). The van der Waals surface area contributed by atoms with Crippen molar-refractivity contribution in [1.29, 1.82) is 0 Å². The first-order valence-corrected chi connectivity index (χ1v) is 8.65. The van der Waals surface area contributed by atoms with Gasteiger partial charge in [0.05, 0.1) is 11.5 Å². The van der Waals surface area contributed by atoms with Crippen LogP contribution in [0.5, 0.6) is 0 Å². The molecule has 2 aromatic rings. The highest BCUT2D eigenvalue weighted by Crippen LogP contribution is 2.26. The van der Waals surface area contributed by atoms with Gasteiger partial charge in [-0.25, -0.2) is 13.1 Å². The number of aliphatic hydroxyl groups is 1. The lowest BCUT2D eigenvalue weighted by atomic mass is 10.2. The van der Waals surface area contributed by atoms with E-state index in [0.717, 1.165) is 5.56 Å². The topological polar surface area (TPSA) is 66.4 Å². The minimum atomic E-state index is -3.64. The van der Waals surface area contributed by atoms with Gasteiger partial charge in [0, 0.05) is 11.0 Å². The summed E-state index contributed by atoms with van der Waals surface area (Å²) in [7, 11) is -3.64. The number of hydrogen-bond acceptors (Lipinski definition) is 3. The van der Waals surface area contributed by atoms with Crippen molar-refractivity contribution in [3.8, 4) is 0 Å². The van der Waals surface area contributed by atoms with E-state index >= 15 is 0 Å². The number of hydrogen-bond donors (Lipinski definition) is 2. The Bertz CT molecular complexity index is 730. The van der Waals surface area contributed by atoms with Gasteiger partial charge in [-0.05, 0) is 35.7 Å². The van der Waals surface area contributed by atoms with Crippen LogP contribution in [0, 0.1) is 6.92 Å². The van der Waals surface area contributed by atoms with Crippen molar-refractivity contribution in [3.05, 3.63) is 63.6 Å². The number of halogens is 1. The fourth-order valence-electron chi connectivity index (χ4n) is 1.93. The lowest BCUT2D eigenvalue weighted by molar-refractivity contribution is 0.281. The molecule has 2 aromatic carbocycles. The second-order valence-electron chi connectivity index (χ2n) is 4.67. The molecule has 4 nitrogen and oxygen atoms in total. The summed E-state index contributed by atoms with van der Waals surface area (Å²) in [5.74, 6) is 0. The smallest absolute Gasteiger partial charge is 0.241 e. The van der Waals surface area contributed by atoms with Crippen LogP contribution in [-0.4, -0.2) is 13.5 Å². The van der Waals surface area contributed by atoms with Crippen LogP contribution in [0.1, 0.15) is 16.7 Å². The molecular formula is C15H16BrNO3S. The maximum atomic E-state index is 12.4. The van der Waals surface area contributed by atoms with Crippen LogP contribution in [0.2, 0.25) is 0 Å². The fraction of sp³-hybridized carbons (Fsp3) is 0.200. The number of benzene rings is 2. The first-order chi connectivity index (χ1) is 9.94. The summed E-state index contributed by atoms with van der Waals surface area (Å²) < 4.78 is 28.1. The molecule has 0 aliphatic carbocycles.